The van der Waals surface area contributed by atoms with Gasteiger partial charge in [0, 0.05) is 6.54 Å². The van der Waals surface area contributed by atoms with Crippen molar-refractivity contribution in [2.24, 2.45) is 4.99 Å². The highest BCUT2D eigenvalue weighted by Gasteiger charge is 2.26. The second-order valence-electron chi connectivity index (χ2n) is 6.64. The summed E-state index contributed by atoms with van der Waals surface area (Å²) in [7, 11) is 0. The zero-order valence-corrected chi connectivity index (χ0v) is 19.0. The second-order valence-corrected chi connectivity index (χ2v) is 6.64. The summed E-state index contributed by atoms with van der Waals surface area (Å²) in [4.78, 5) is 4.44. The summed E-state index contributed by atoms with van der Waals surface area (Å²) in [6.45, 7) is 8.68. The summed E-state index contributed by atoms with van der Waals surface area (Å²) in [5.74, 6) is 2.09. The Labute approximate surface area is 182 Å². The molecule has 0 bridgehead atoms. The van der Waals surface area contributed by atoms with E-state index in [-0.39, 0.29) is 42.4 Å². The molecule has 28 heavy (non-hydrogen) atoms. The van der Waals surface area contributed by atoms with E-state index in [1.807, 2.05) is 26.8 Å². The molecule has 0 amide bonds. The first kappa shape index (κ1) is 24.2. The number of hydrogen-bond acceptors (Lipinski definition) is 4. The lowest BCUT2D eigenvalue weighted by Crippen LogP contribution is -2.42. The first-order valence-corrected chi connectivity index (χ1v) is 9.04. The molecule has 2 rings (SSSR count). The van der Waals surface area contributed by atoms with Gasteiger partial charge in [-0.05, 0) is 64.1 Å². The van der Waals surface area contributed by atoms with E-state index in [9.17, 15) is 9.50 Å². The number of hydrogen-bond donors (Lipinski definition) is 3. The van der Waals surface area contributed by atoms with E-state index >= 15 is 0 Å². The third-order valence-electron chi connectivity index (χ3n) is 3.87. The SMILES string of the molecule is CCNC(=NCC(C)(O)c1ccc(C)o1)NCC(C)Oc1ccc(F)cc1.I. The van der Waals surface area contributed by atoms with Crippen molar-refractivity contribution in [2.45, 2.75) is 39.4 Å². The molecule has 2 atom stereocenters. The van der Waals surface area contributed by atoms with Crippen LogP contribution in [0.3, 0.4) is 0 Å². The molecule has 6 nitrogen and oxygen atoms in total. The zero-order chi connectivity index (χ0) is 19.9. The van der Waals surface area contributed by atoms with Crippen LogP contribution >= 0.6 is 24.0 Å². The zero-order valence-electron chi connectivity index (χ0n) is 16.7. The molecule has 1 aromatic carbocycles. The smallest absolute Gasteiger partial charge is 0.191 e. The minimum atomic E-state index is -1.20. The monoisotopic (exact) mass is 505 g/mol. The van der Waals surface area contributed by atoms with Gasteiger partial charge in [-0.2, -0.15) is 0 Å². The third-order valence-corrected chi connectivity index (χ3v) is 3.87. The Kier molecular flexibility index (Phi) is 9.74. The van der Waals surface area contributed by atoms with E-state index < -0.39 is 5.60 Å². The van der Waals surface area contributed by atoms with Crippen LogP contribution < -0.4 is 15.4 Å². The highest BCUT2D eigenvalue weighted by Crippen LogP contribution is 2.23. The van der Waals surface area contributed by atoms with Crippen molar-refractivity contribution in [3.8, 4) is 5.75 Å². The van der Waals surface area contributed by atoms with Crippen LogP contribution in [0.15, 0.2) is 45.8 Å². The van der Waals surface area contributed by atoms with Crippen LogP contribution in [-0.2, 0) is 5.60 Å². The largest absolute Gasteiger partial charge is 0.489 e. The summed E-state index contributed by atoms with van der Waals surface area (Å²) in [5.41, 5.74) is -1.20. The summed E-state index contributed by atoms with van der Waals surface area (Å²) < 4.78 is 24.2. The number of nitrogens with one attached hydrogen (secondary N) is 2. The Bertz CT molecular complexity index is 747. The molecule has 2 unspecified atom stereocenters. The number of nitrogens with zero attached hydrogens (tertiary/aromatic N) is 1. The van der Waals surface area contributed by atoms with Gasteiger partial charge in [-0.15, -0.1) is 24.0 Å². The Morgan fingerprint density at radius 1 is 1.25 bits per heavy atom. The predicted molar refractivity (Wildman–Crippen MR) is 119 cm³/mol. The summed E-state index contributed by atoms with van der Waals surface area (Å²) in [6.07, 6.45) is -0.160. The molecule has 156 valence electrons. The lowest BCUT2D eigenvalue weighted by molar-refractivity contribution is 0.0428. The number of furan rings is 1. The van der Waals surface area contributed by atoms with E-state index in [0.717, 1.165) is 5.76 Å². The van der Waals surface area contributed by atoms with Gasteiger partial charge in [-0.25, -0.2) is 9.38 Å². The molecule has 1 heterocycles. The van der Waals surface area contributed by atoms with Crippen molar-refractivity contribution in [1.82, 2.24) is 10.6 Å². The van der Waals surface area contributed by atoms with Crippen LogP contribution in [0, 0.1) is 12.7 Å². The lowest BCUT2D eigenvalue weighted by atomic mass is 10.0. The molecule has 0 saturated heterocycles. The normalized spacial score (nSPS) is 14.6. The fraction of sp³-hybridized carbons (Fsp3) is 0.450. The van der Waals surface area contributed by atoms with E-state index in [4.69, 9.17) is 9.15 Å². The molecule has 0 fully saturated rings. The van der Waals surface area contributed by atoms with Gasteiger partial charge < -0.3 is 24.9 Å². The molecule has 0 spiro atoms. The topological polar surface area (TPSA) is 79.0 Å². The molecule has 3 N–H and O–H groups in total. The van der Waals surface area contributed by atoms with Crippen molar-refractivity contribution in [3.05, 3.63) is 53.7 Å². The van der Waals surface area contributed by atoms with Crippen molar-refractivity contribution < 1.29 is 18.7 Å². The van der Waals surface area contributed by atoms with Gasteiger partial charge >= 0.3 is 0 Å². The molecule has 0 aliphatic rings. The minimum Gasteiger partial charge on any atom is -0.489 e. The molecular formula is C20H29FIN3O3. The van der Waals surface area contributed by atoms with Gasteiger partial charge in [0.2, 0.25) is 0 Å². The Balaban J connectivity index is 0.00000392. The van der Waals surface area contributed by atoms with E-state index in [0.29, 0.717) is 30.6 Å². The molecule has 8 heteroatoms. The maximum atomic E-state index is 12.9. The quantitative estimate of drug-likeness (QED) is 0.291. The van der Waals surface area contributed by atoms with Crippen LogP contribution in [0.2, 0.25) is 0 Å². The molecule has 0 saturated carbocycles. The van der Waals surface area contributed by atoms with Crippen LogP contribution in [0.5, 0.6) is 5.75 Å². The van der Waals surface area contributed by atoms with Gasteiger partial charge in [-0.3, -0.25) is 0 Å². The van der Waals surface area contributed by atoms with Crippen LogP contribution in [0.4, 0.5) is 4.39 Å². The maximum absolute atomic E-state index is 12.9. The number of halogens is 2. The molecule has 2 aromatic rings. The number of aliphatic hydroxyl groups is 1. The van der Waals surface area contributed by atoms with Gasteiger partial charge in [0.15, 0.2) is 5.96 Å². The summed E-state index contributed by atoms with van der Waals surface area (Å²) in [6, 6.07) is 9.47. The first-order chi connectivity index (χ1) is 12.8. The van der Waals surface area contributed by atoms with E-state index in [1.165, 1.54) is 12.1 Å². The lowest BCUT2D eigenvalue weighted by Gasteiger charge is -2.21. The third kappa shape index (κ3) is 7.67. The van der Waals surface area contributed by atoms with E-state index in [1.54, 1.807) is 25.1 Å². The minimum absolute atomic E-state index is 0. The Hall–Kier alpha value is -1.81. The number of benzene rings is 1. The van der Waals surface area contributed by atoms with E-state index in [2.05, 4.69) is 15.6 Å². The summed E-state index contributed by atoms with van der Waals surface area (Å²) in [5, 5.41) is 16.9. The molecular weight excluding hydrogens is 476 g/mol. The second kappa shape index (κ2) is 11.3. The van der Waals surface area contributed by atoms with Crippen molar-refractivity contribution in [2.75, 3.05) is 19.6 Å². The number of aryl methyl sites for hydroxylation is 1. The molecule has 0 radical (unpaired) electrons. The van der Waals surface area contributed by atoms with Gasteiger partial charge in [0.05, 0.1) is 13.1 Å². The van der Waals surface area contributed by atoms with Crippen LogP contribution in [0.25, 0.3) is 0 Å². The van der Waals surface area contributed by atoms with Gasteiger partial charge in [0.25, 0.3) is 0 Å². The fourth-order valence-corrected chi connectivity index (χ4v) is 2.40. The number of aliphatic imine (C=N–C) groups is 1. The Morgan fingerprint density at radius 3 is 2.50 bits per heavy atom. The molecule has 0 aliphatic heterocycles. The highest BCUT2D eigenvalue weighted by atomic mass is 127. The van der Waals surface area contributed by atoms with Crippen molar-refractivity contribution in [1.29, 1.82) is 0 Å². The fourth-order valence-electron chi connectivity index (χ4n) is 2.40. The van der Waals surface area contributed by atoms with Crippen LogP contribution in [-0.4, -0.2) is 36.8 Å². The first-order valence-electron chi connectivity index (χ1n) is 9.04. The van der Waals surface area contributed by atoms with Crippen LogP contribution in [0.1, 0.15) is 32.3 Å². The number of rotatable bonds is 8. The number of ether oxygens (including phenoxy) is 1. The average Bonchev–Trinajstić information content (AvgIpc) is 3.07. The number of guanidine groups is 1. The highest BCUT2D eigenvalue weighted by molar-refractivity contribution is 14.0. The van der Waals surface area contributed by atoms with Crippen molar-refractivity contribution >= 4 is 29.9 Å². The average molecular weight is 505 g/mol. The Morgan fingerprint density at radius 2 is 1.93 bits per heavy atom. The summed E-state index contributed by atoms with van der Waals surface area (Å²) >= 11 is 0. The standard InChI is InChI=1S/C20H28FN3O3.HI/c1-5-22-19(24-13-20(4,25)18-11-6-14(2)27-18)23-12-15(3)26-17-9-7-16(21)8-10-17;/h6-11,15,25H,5,12-13H2,1-4H3,(H2,22,23,24);1H. The van der Waals surface area contributed by atoms with Gasteiger partial charge in [-0.1, -0.05) is 0 Å². The van der Waals surface area contributed by atoms with Gasteiger partial charge in [0.1, 0.15) is 34.8 Å². The molecule has 1 aromatic heterocycles. The maximum Gasteiger partial charge on any atom is 0.191 e. The predicted octanol–water partition coefficient (Wildman–Crippen LogP) is 3.58. The van der Waals surface area contributed by atoms with Crippen molar-refractivity contribution in [3.63, 3.8) is 0 Å². The molecule has 0 aliphatic carbocycles.